The van der Waals surface area contributed by atoms with Crippen molar-refractivity contribution in [2.75, 3.05) is 13.7 Å². The molecular weight excluding hydrogens is 272 g/mol. The van der Waals surface area contributed by atoms with Crippen LogP contribution >= 0.6 is 0 Å². The molecule has 0 aromatic heterocycles. The fourth-order valence-electron chi connectivity index (χ4n) is 3.02. The van der Waals surface area contributed by atoms with E-state index in [0.29, 0.717) is 23.9 Å². The number of hydrogen-bond donors (Lipinski definition) is 2. The smallest absolute Gasteiger partial charge is 0.161 e. The summed E-state index contributed by atoms with van der Waals surface area (Å²) in [5, 5.41) is 19.4. The van der Waals surface area contributed by atoms with Gasteiger partial charge in [0.1, 0.15) is 23.4 Å². The minimum absolute atomic E-state index is 0.0477. The minimum atomic E-state index is -0.171. The van der Waals surface area contributed by atoms with Gasteiger partial charge >= 0.3 is 0 Å². The van der Waals surface area contributed by atoms with E-state index in [2.05, 4.69) is 0 Å². The van der Waals surface area contributed by atoms with Gasteiger partial charge in [0.05, 0.1) is 19.6 Å². The summed E-state index contributed by atoms with van der Waals surface area (Å²) in [7, 11) is 1.52. The van der Waals surface area contributed by atoms with Crippen molar-refractivity contribution in [3.05, 3.63) is 41.5 Å². The Balaban J connectivity index is 1.80. The lowest BCUT2D eigenvalue weighted by molar-refractivity contribution is 0.139. The summed E-state index contributed by atoms with van der Waals surface area (Å²) >= 11 is 0. The van der Waals surface area contributed by atoms with Crippen molar-refractivity contribution in [1.82, 2.24) is 0 Å². The third-order valence-corrected chi connectivity index (χ3v) is 4.05. The van der Waals surface area contributed by atoms with Crippen molar-refractivity contribution in [1.29, 1.82) is 0 Å². The molecule has 2 N–H and O–H groups in total. The van der Waals surface area contributed by atoms with Crippen molar-refractivity contribution in [3.8, 4) is 28.7 Å². The summed E-state index contributed by atoms with van der Waals surface area (Å²) in [5.41, 5.74) is 1.87. The van der Waals surface area contributed by atoms with Gasteiger partial charge in [-0.15, -0.1) is 0 Å². The zero-order chi connectivity index (χ0) is 14.6. The Morgan fingerprint density at radius 2 is 1.95 bits per heavy atom. The van der Waals surface area contributed by atoms with E-state index in [1.807, 2.05) is 6.07 Å². The first-order valence-corrected chi connectivity index (χ1v) is 6.70. The topological polar surface area (TPSA) is 68.2 Å². The number of phenolic OH excluding ortho intramolecular Hbond substituents is 2. The standard InChI is InChI=1S/C16H14O5/c1-19-15-5-10-11-7-20-13-4-8(17)2-3-9(13)16(11)21-14(10)6-12(15)18/h2-6,11,16-18H,7H2,1H3. The van der Waals surface area contributed by atoms with Crippen molar-refractivity contribution in [3.63, 3.8) is 0 Å². The van der Waals surface area contributed by atoms with Crippen LogP contribution in [-0.4, -0.2) is 23.9 Å². The molecule has 108 valence electrons. The van der Waals surface area contributed by atoms with E-state index >= 15 is 0 Å². The number of methoxy groups -OCH3 is 1. The Hall–Kier alpha value is -2.56. The van der Waals surface area contributed by atoms with E-state index < -0.39 is 0 Å². The van der Waals surface area contributed by atoms with Crippen molar-refractivity contribution in [2.24, 2.45) is 0 Å². The van der Waals surface area contributed by atoms with Crippen LogP contribution in [0.1, 0.15) is 23.1 Å². The van der Waals surface area contributed by atoms with E-state index in [0.717, 1.165) is 11.1 Å². The zero-order valence-electron chi connectivity index (χ0n) is 11.4. The number of hydrogen-bond acceptors (Lipinski definition) is 5. The molecule has 2 aliphatic rings. The first kappa shape index (κ1) is 12.2. The Labute approximate surface area is 121 Å². The van der Waals surface area contributed by atoms with Gasteiger partial charge < -0.3 is 24.4 Å². The van der Waals surface area contributed by atoms with Crippen LogP contribution in [0.2, 0.25) is 0 Å². The fraction of sp³-hybridized carbons (Fsp3) is 0.250. The van der Waals surface area contributed by atoms with Crippen molar-refractivity contribution in [2.45, 2.75) is 12.0 Å². The van der Waals surface area contributed by atoms with Crippen LogP contribution in [-0.2, 0) is 0 Å². The summed E-state index contributed by atoms with van der Waals surface area (Å²) in [6.45, 7) is 0.460. The third-order valence-electron chi connectivity index (χ3n) is 4.05. The molecule has 0 radical (unpaired) electrons. The highest BCUT2D eigenvalue weighted by molar-refractivity contribution is 5.56. The van der Waals surface area contributed by atoms with Crippen LogP contribution in [0.3, 0.4) is 0 Å². The lowest BCUT2D eigenvalue weighted by Gasteiger charge is -2.27. The first-order valence-electron chi connectivity index (χ1n) is 6.70. The second-order valence-electron chi connectivity index (χ2n) is 5.24. The number of fused-ring (bicyclic) bond motifs is 5. The van der Waals surface area contributed by atoms with E-state index in [9.17, 15) is 10.2 Å². The lowest BCUT2D eigenvalue weighted by atomic mass is 9.89. The molecule has 4 rings (SSSR count). The number of ether oxygens (including phenoxy) is 3. The Kier molecular flexibility index (Phi) is 2.45. The predicted molar refractivity (Wildman–Crippen MR) is 74.4 cm³/mol. The third kappa shape index (κ3) is 1.70. The lowest BCUT2D eigenvalue weighted by Crippen LogP contribution is -2.23. The molecule has 5 heteroatoms. The van der Waals surface area contributed by atoms with Gasteiger partial charge in [0, 0.05) is 23.3 Å². The highest BCUT2D eigenvalue weighted by atomic mass is 16.5. The largest absolute Gasteiger partial charge is 0.508 e. The number of rotatable bonds is 1. The van der Waals surface area contributed by atoms with Crippen LogP contribution in [0.15, 0.2) is 30.3 Å². The molecule has 0 bridgehead atoms. The average molecular weight is 286 g/mol. The molecular formula is C16H14O5. The van der Waals surface area contributed by atoms with Crippen molar-refractivity contribution < 1.29 is 24.4 Å². The van der Waals surface area contributed by atoms with E-state index in [1.165, 1.54) is 7.11 Å². The highest BCUT2D eigenvalue weighted by Gasteiger charge is 2.41. The van der Waals surface area contributed by atoms with Gasteiger partial charge in [-0.05, 0) is 18.2 Å². The van der Waals surface area contributed by atoms with E-state index in [1.54, 1.807) is 24.3 Å². The molecule has 2 aromatic rings. The monoisotopic (exact) mass is 286 g/mol. The normalized spacial score (nSPS) is 21.6. The van der Waals surface area contributed by atoms with E-state index in [4.69, 9.17) is 14.2 Å². The quantitative estimate of drug-likeness (QED) is 0.843. The molecule has 2 aromatic carbocycles. The second-order valence-corrected chi connectivity index (χ2v) is 5.24. The maximum atomic E-state index is 9.87. The van der Waals surface area contributed by atoms with Gasteiger partial charge in [0.15, 0.2) is 11.5 Å². The van der Waals surface area contributed by atoms with Crippen LogP contribution in [0.5, 0.6) is 28.7 Å². The number of aromatic hydroxyl groups is 2. The SMILES string of the molecule is COc1cc2c(cc1O)OC1c3ccc(O)cc3OCC21. The fourth-order valence-corrected chi connectivity index (χ4v) is 3.02. The average Bonchev–Trinajstić information content (AvgIpc) is 2.83. The summed E-state index contributed by atoms with van der Waals surface area (Å²) < 4.78 is 16.9. The molecule has 0 fully saturated rings. The van der Waals surface area contributed by atoms with Crippen LogP contribution in [0, 0.1) is 0 Å². The predicted octanol–water partition coefficient (Wildman–Crippen LogP) is 2.72. The van der Waals surface area contributed by atoms with E-state index in [-0.39, 0.29) is 23.5 Å². The number of phenols is 2. The molecule has 2 heterocycles. The maximum absolute atomic E-state index is 9.87. The molecule has 0 spiro atoms. The maximum Gasteiger partial charge on any atom is 0.161 e. The van der Waals surface area contributed by atoms with Gasteiger partial charge in [0.2, 0.25) is 0 Å². The molecule has 2 unspecified atom stereocenters. The summed E-state index contributed by atoms with van der Waals surface area (Å²) in [4.78, 5) is 0. The molecule has 5 nitrogen and oxygen atoms in total. The molecule has 21 heavy (non-hydrogen) atoms. The summed E-state index contributed by atoms with van der Waals surface area (Å²) in [6.07, 6.45) is -0.171. The molecule has 0 saturated carbocycles. The van der Waals surface area contributed by atoms with Crippen molar-refractivity contribution >= 4 is 0 Å². The summed E-state index contributed by atoms with van der Waals surface area (Å²) in [5.74, 6) is 1.98. The van der Waals surface area contributed by atoms with Gasteiger partial charge in [-0.1, -0.05) is 0 Å². The van der Waals surface area contributed by atoms with Crippen LogP contribution in [0.4, 0.5) is 0 Å². The molecule has 2 atom stereocenters. The van der Waals surface area contributed by atoms with Crippen LogP contribution in [0.25, 0.3) is 0 Å². The molecule has 0 aliphatic carbocycles. The number of benzene rings is 2. The Morgan fingerprint density at radius 1 is 1.10 bits per heavy atom. The molecule has 0 amide bonds. The molecule has 2 aliphatic heterocycles. The Bertz CT molecular complexity index is 725. The van der Waals surface area contributed by atoms with Gasteiger partial charge in [0.25, 0.3) is 0 Å². The highest BCUT2D eigenvalue weighted by Crippen LogP contribution is 2.53. The van der Waals surface area contributed by atoms with Gasteiger partial charge in [-0.2, -0.15) is 0 Å². The van der Waals surface area contributed by atoms with Crippen LogP contribution < -0.4 is 14.2 Å². The minimum Gasteiger partial charge on any atom is -0.508 e. The van der Waals surface area contributed by atoms with Gasteiger partial charge in [-0.3, -0.25) is 0 Å². The first-order chi connectivity index (χ1) is 10.2. The molecule has 0 saturated heterocycles. The van der Waals surface area contributed by atoms with Gasteiger partial charge in [-0.25, -0.2) is 0 Å². The summed E-state index contributed by atoms with van der Waals surface area (Å²) in [6, 6.07) is 8.39. The second kappa shape index (κ2) is 4.22. The Morgan fingerprint density at radius 3 is 2.76 bits per heavy atom. The zero-order valence-corrected chi connectivity index (χ0v) is 11.4.